The van der Waals surface area contributed by atoms with Crippen LogP contribution in [-0.4, -0.2) is 52.8 Å². The third-order valence-electron chi connectivity index (χ3n) is 4.15. The molecule has 0 bridgehead atoms. The Balaban J connectivity index is 1.70. The predicted molar refractivity (Wildman–Crippen MR) is 97.1 cm³/mol. The van der Waals surface area contributed by atoms with E-state index in [1.165, 1.54) is 0 Å². The summed E-state index contributed by atoms with van der Waals surface area (Å²) in [7, 11) is 0. The lowest BCUT2D eigenvalue weighted by molar-refractivity contribution is -0.130. The molecule has 1 aromatic carbocycles. The maximum atomic E-state index is 12.7. The maximum absolute atomic E-state index is 12.7. The van der Waals surface area contributed by atoms with Gasteiger partial charge in [-0.05, 0) is 18.2 Å². The average Bonchev–Trinajstić information content (AvgIpc) is 2.63. The van der Waals surface area contributed by atoms with Gasteiger partial charge in [-0.1, -0.05) is 23.7 Å². The third-order valence-corrected chi connectivity index (χ3v) is 4.48. The Kier molecular flexibility index (Phi) is 5.19. The molecule has 1 aliphatic rings. The molecule has 2 aromatic rings. The van der Waals surface area contributed by atoms with Gasteiger partial charge in [-0.15, -0.1) is 0 Å². The van der Waals surface area contributed by atoms with Gasteiger partial charge >= 0.3 is 0 Å². The smallest absolute Gasteiger partial charge is 0.255 e. The van der Waals surface area contributed by atoms with Gasteiger partial charge in [0.05, 0.1) is 28.2 Å². The zero-order valence-electron chi connectivity index (χ0n) is 13.9. The fourth-order valence-electron chi connectivity index (χ4n) is 2.75. The summed E-state index contributed by atoms with van der Waals surface area (Å²) in [6.07, 6.45) is 3.20. The van der Waals surface area contributed by atoms with Crippen LogP contribution in [-0.2, 0) is 4.79 Å². The molecule has 7 heteroatoms. The van der Waals surface area contributed by atoms with Crippen LogP contribution >= 0.6 is 11.6 Å². The number of halogens is 1. The molecule has 0 aliphatic carbocycles. The number of hydrogen-bond donors (Lipinski definition) is 1. The molecule has 1 aromatic heterocycles. The van der Waals surface area contributed by atoms with Crippen LogP contribution in [0.3, 0.4) is 0 Å². The van der Waals surface area contributed by atoms with E-state index in [1.54, 1.807) is 41.2 Å². The van der Waals surface area contributed by atoms with E-state index in [2.05, 4.69) is 10.3 Å². The number of para-hydroxylation sites is 1. The summed E-state index contributed by atoms with van der Waals surface area (Å²) in [5.74, 6) is -0.0433. The lowest BCUT2D eigenvalue weighted by atomic mass is 10.2. The first-order valence-electron chi connectivity index (χ1n) is 8.06. The summed E-state index contributed by atoms with van der Waals surface area (Å²) in [5.41, 5.74) is 1.96. The second kappa shape index (κ2) is 7.53. The maximum Gasteiger partial charge on any atom is 0.255 e. The number of carbonyl (C=O) groups excluding carboxylic acids is 2. The number of aromatic nitrogens is 1. The number of benzene rings is 1. The van der Waals surface area contributed by atoms with E-state index >= 15 is 0 Å². The van der Waals surface area contributed by atoms with Crippen molar-refractivity contribution in [1.29, 1.82) is 0 Å². The van der Waals surface area contributed by atoms with Crippen molar-refractivity contribution in [2.75, 3.05) is 31.5 Å². The quantitative estimate of drug-likeness (QED) is 0.916. The molecule has 25 heavy (non-hydrogen) atoms. The van der Waals surface area contributed by atoms with Gasteiger partial charge in [0.25, 0.3) is 5.91 Å². The number of nitrogens with one attached hydrogen (secondary N) is 1. The normalized spacial score (nSPS) is 14.3. The van der Waals surface area contributed by atoms with Gasteiger partial charge in [-0.25, -0.2) is 0 Å². The van der Waals surface area contributed by atoms with Gasteiger partial charge in [0.15, 0.2) is 0 Å². The highest BCUT2D eigenvalue weighted by Crippen LogP contribution is 2.25. The molecule has 2 heterocycles. The molecule has 0 saturated carbocycles. The standard InChI is InChI=1S/C18H19ClN4O2/c1-13(24)22-6-8-23(9-7-22)18(25)14-10-15(12-20-11-14)21-17-5-3-2-4-16(17)19/h2-5,10-12,21H,6-9H2,1H3. The van der Waals surface area contributed by atoms with E-state index in [9.17, 15) is 9.59 Å². The highest BCUT2D eigenvalue weighted by Gasteiger charge is 2.23. The van der Waals surface area contributed by atoms with Gasteiger partial charge in [-0.3, -0.25) is 14.6 Å². The Hall–Kier alpha value is -2.60. The Morgan fingerprint density at radius 1 is 1.08 bits per heavy atom. The van der Waals surface area contributed by atoms with Crippen LogP contribution in [0.25, 0.3) is 0 Å². The Morgan fingerprint density at radius 2 is 1.76 bits per heavy atom. The van der Waals surface area contributed by atoms with Gasteiger partial charge < -0.3 is 15.1 Å². The topological polar surface area (TPSA) is 65.5 Å². The van der Waals surface area contributed by atoms with Crippen molar-refractivity contribution < 1.29 is 9.59 Å². The minimum Gasteiger partial charge on any atom is -0.353 e. The Labute approximate surface area is 151 Å². The monoisotopic (exact) mass is 358 g/mol. The molecule has 0 unspecified atom stereocenters. The first kappa shape index (κ1) is 17.2. The van der Waals surface area contributed by atoms with Crippen LogP contribution in [0.15, 0.2) is 42.7 Å². The number of piperazine rings is 1. The van der Waals surface area contributed by atoms with E-state index in [4.69, 9.17) is 11.6 Å². The molecule has 0 spiro atoms. The summed E-state index contributed by atoms with van der Waals surface area (Å²) in [4.78, 5) is 31.7. The molecule has 1 saturated heterocycles. The molecule has 0 atom stereocenters. The van der Waals surface area contributed by atoms with Crippen molar-refractivity contribution in [3.8, 4) is 0 Å². The van der Waals surface area contributed by atoms with Crippen LogP contribution in [0, 0.1) is 0 Å². The molecule has 3 rings (SSSR count). The summed E-state index contributed by atoms with van der Waals surface area (Å²) in [6.45, 7) is 3.73. The van der Waals surface area contributed by atoms with E-state index < -0.39 is 0 Å². The SMILES string of the molecule is CC(=O)N1CCN(C(=O)c2cncc(Nc3ccccc3Cl)c2)CC1. The molecule has 1 N–H and O–H groups in total. The van der Waals surface area contributed by atoms with Gasteiger partial charge in [-0.2, -0.15) is 0 Å². The highest BCUT2D eigenvalue weighted by molar-refractivity contribution is 6.33. The zero-order valence-corrected chi connectivity index (χ0v) is 14.7. The van der Waals surface area contributed by atoms with Crippen molar-refractivity contribution in [2.24, 2.45) is 0 Å². The van der Waals surface area contributed by atoms with Crippen LogP contribution in [0.4, 0.5) is 11.4 Å². The summed E-state index contributed by atoms with van der Waals surface area (Å²) in [5, 5.41) is 3.77. The highest BCUT2D eigenvalue weighted by atomic mass is 35.5. The van der Waals surface area contributed by atoms with Crippen molar-refractivity contribution in [2.45, 2.75) is 6.92 Å². The molecule has 1 aliphatic heterocycles. The molecule has 2 amide bonds. The number of anilines is 2. The third kappa shape index (κ3) is 4.09. The average molecular weight is 359 g/mol. The van der Waals surface area contributed by atoms with Crippen LogP contribution in [0.1, 0.15) is 17.3 Å². The number of amides is 2. The van der Waals surface area contributed by atoms with Gasteiger partial charge in [0.1, 0.15) is 0 Å². The van der Waals surface area contributed by atoms with Crippen LogP contribution < -0.4 is 5.32 Å². The Morgan fingerprint density at radius 3 is 2.44 bits per heavy atom. The fourth-order valence-corrected chi connectivity index (χ4v) is 2.93. The van der Waals surface area contributed by atoms with E-state index in [0.29, 0.717) is 42.5 Å². The lowest BCUT2D eigenvalue weighted by Gasteiger charge is -2.34. The van der Waals surface area contributed by atoms with Crippen LogP contribution in [0.2, 0.25) is 5.02 Å². The lowest BCUT2D eigenvalue weighted by Crippen LogP contribution is -2.50. The van der Waals surface area contributed by atoms with Crippen molar-refractivity contribution >= 4 is 34.8 Å². The summed E-state index contributed by atoms with van der Waals surface area (Å²) in [6, 6.07) is 9.15. The molecule has 0 radical (unpaired) electrons. The second-order valence-corrected chi connectivity index (χ2v) is 6.27. The first-order valence-corrected chi connectivity index (χ1v) is 8.44. The van der Waals surface area contributed by atoms with Crippen molar-refractivity contribution in [1.82, 2.24) is 14.8 Å². The number of pyridine rings is 1. The molecule has 130 valence electrons. The van der Waals surface area contributed by atoms with Gasteiger partial charge in [0, 0.05) is 39.3 Å². The first-order chi connectivity index (χ1) is 12.0. The largest absolute Gasteiger partial charge is 0.353 e. The zero-order chi connectivity index (χ0) is 17.8. The number of hydrogen-bond acceptors (Lipinski definition) is 4. The van der Waals surface area contributed by atoms with E-state index in [-0.39, 0.29) is 11.8 Å². The fraction of sp³-hybridized carbons (Fsp3) is 0.278. The van der Waals surface area contributed by atoms with E-state index in [0.717, 1.165) is 5.69 Å². The second-order valence-electron chi connectivity index (χ2n) is 5.87. The minimum absolute atomic E-state index is 0.0414. The van der Waals surface area contributed by atoms with E-state index in [1.807, 2.05) is 18.2 Å². The molecular weight excluding hydrogens is 340 g/mol. The number of rotatable bonds is 3. The van der Waals surface area contributed by atoms with Crippen molar-refractivity contribution in [3.05, 3.63) is 53.3 Å². The number of carbonyl (C=O) groups is 2. The summed E-state index contributed by atoms with van der Waals surface area (Å²) < 4.78 is 0. The van der Waals surface area contributed by atoms with Crippen molar-refractivity contribution in [3.63, 3.8) is 0 Å². The molecular formula is C18H19ClN4O2. The Bertz CT molecular complexity index is 788. The predicted octanol–water partition coefficient (Wildman–Crippen LogP) is 2.78. The molecule has 1 fully saturated rings. The minimum atomic E-state index is -0.0847. The van der Waals surface area contributed by atoms with Crippen LogP contribution in [0.5, 0.6) is 0 Å². The summed E-state index contributed by atoms with van der Waals surface area (Å²) >= 11 is 6.15. The molecule has 6 nitrogen and oxygen atoms in total. The number of nitrogens with zero attached hydrogens (tertiary/aromatic N) is 3. The van der Waals surface area contributed by atoms with Gasteiger partial charge in [0.2, 0.25) is 5.91 Å².